The van der Waals surface area contributed by atoms with Gasteiger partial charge in [0, 0.05) is 31.2 Å². The highest BCUT2D eigenvalue weighted by Gasteiger charge is 2.33. The van der Waals surface area contributed by atoms with Crippen molar-refractivity contribution in [2.45, 2.75) is 82.1 Å². The van der Waals surface area contributed by atoms with Crippen LogP contribution in [0.1, 0.15) is 49.9 Å². The van der Waals surface area contributed by atoms with Gasteiger partial charge in [0.15, 0.2) is 1.41 Å². The number of aromatic nitrogens is 2. The molecule has 52 heavy (non-hydrogen) atoms. The molecule has 4 aromatic rings. The Bertz CT molecular complexity index is 1850. The first kappa shape index (κ1) is 37.7. The molecule has 0 aliphatic heterocycles. The van der Waals surface area contributed by atoms with Gasteiger partial charge in [-0.05, 0) is 61.6 Å². The fourth-order valence-electron chi connectivity index (χ4n) is 5.57. The van der Waals surface area contributed by atoms with E-state index >= 15 is 0 Å². The molecule has 0 saturated heterocycles. The van der Waals surface area contributed by atoms with E-state index in [0.29, 0.717) is 41.5 Å². The first-order chi connectivity index (χ1) is 25.3. The predicted molar refractivity (Wildman–Crippen MR) is 198 cm³/mol. The second-order valence-electron chi connectivity index (χ2n) is 13.4. The number of nitrogens with one attached hydrogen (secondary N) is 5. The number of benzene rings is 3. The smallest absolute Gasteiger partial charge is 0.243 e. The molecule has 1 aromatic heterocycles. The number of carbonyl (C=O) groups excluding carboxylic acids is 5. The second-order valence-corrected chi connectivity index (χ2v) is 13.4. The summed E-state index contributed by atoms with van der Waals surface area (Å²) >= 11 is 0. The van der Waals surface area contributed by atoms with Crippen molar-refractivity contribution in [3.8, 4) is 0 Å². The van der Waals surface area contributed by atoms with E-state index < -0.39 is 59.2 Å². The molecule has 0 spiro atoms. The van der Waals surface area contributed by atoms with E-state index in [0.717, 1.165) is 10.8 Å². The van der Waals surface area contributed by atoms with Crippen LogP contribution in [0.2, 0.25) is 1.41 Å². The zero-order chi connectivity index (χ0) is 38.5. The van der Waals surface area contributed by atoms with Gasteiger partial charge >= 0.3 is 0 Å². The number of primary amides is 1. The normalized spacial score (nSPS) is 14.0. The average molecular weight is 713 g/mol. The maximum absolute atomic E-state index is 14.4. The topological polar surface area (TPSA) is 240 Å². The SMILES string of the molecule is [2H]N(C(=O)[C@H](Cc1cnc[nH]1)NC(=O)C(C)(C)N)[C@H](Cc1ccc2ccccc2c1)C(=O)N[C@@H](Cc1ccccc1)C(=O)N[C@@H](CCCCN)C(N)=O. The molecule has 0 unspecified atom stereocenters. The standard InChI is InChI=1S/C38H49N9O5/c1-38(2,41)37(52)47-32(21-28-22-42-23-43-28)36(51)46-31(20-25-15-16-26-12-6-7-13-27(26)18-25)35(50)45-30(19-24-10-4-3-5-11-24)34(49)44-29(33(40)48)14-8-9-17-39/h3-7,10-13,15-16,18,22-23,29-32H,8-9,14,17,19-21,39,41H2,1-2H3,(H2,40,48)(H,42,43)(H,44,49)(H,45,50)(H,46,51)(H,47,52)/t29-,30-,31+,32-/m0/s1/i/hD. The van der Waals surface area contributed by atoms with Crippen LogP contribution in [0.4, 0.5) is 0 Å². The van der Waals surface area contributed by atoms with Crippen molar-refractivity contribution in [3.05, 3.63) is 102 Å². The molecule has 14 heteroatoms. The molecule has 14 nitrogen and oxygen atoms in total. The van der Waals surface area contributed by atoms with Gasteiger partial charge in [-0.3, -0.25) is 24.0 Å². The Labute approximate surface area is 304 Å². The van der Waals surface area contributed by atoms with Crippen molar-refractivity contribution in [1.29, 1.82) is 0 Å². The number of fused-ring (bicyclic) bond motifs is 1. The quantitative estimate of drug-likeness (QED) is 0.0648. The van der Waals surface area contributed by atoms with E-state index in [1.165, 1.54) is 26.4 Å². The van der Waals surface area contributed by atoms with Crippen molar-refractivity contribution in [3.63, 3.8) is 0 Å². The summed E-state index contributed by atoms with van der Waals surface area (Å²) in [5.41, 5.74) is 17.8. The van der Waals surface area contributed by atoms with Crippen molar-refractivity contribution >= 4 is 40.3 Å². The second kappa shape index (κ2) is 18.6. The summed E-state index contributed by atoms with van der Waals surface area (Å²) in [5.74, 6) is -3.74. The Morgan fingerprint density at radius 1 is 0.769 bits per heavy atom. The molecule has 4 rings (SSSR count). The van der Waals surface area contributed by atoms with Gasteiger partial charge in [0.2, 0.25) is 29.5 Å². The summed E-state index contributed by atoms with van der Waals surface area (Å²) in [6.45, 7) is 3.37. The number of hydrogen-bond acceptors (Lipinski definition) is 8. The molecule has 0 bridgehead atoms. The number of rotatable bonds is 19. The third-order valence-electron chi connectivity index (χ3n) is 8.52. The highest BCUT2D eigenvalue weighted by molar-refractivity contribution is 5.96. The van der Waals surface area contributed by atoms with Crippen LogP contribution in [0.5, 0.6) is 0 Å². The predicted octanol–water partition coefficient (Wildman–Crippen LogP) is 0.882. The lowest BCUT2D eigenvalue weighted by molar-refractivity contribution is -0.134. The van der Waals surface area contributed by atoms with Crippen LogP contribution in [0.25, 0.3) is 10.8 Å². The fraction of sp³-hybridized carbons (Fsp3) is 0.368. The van der Waals surface area contributed by atoms with Crippen LogP contribution < -0.4 is 38.5 Å². The van der Waals surface area contributed by atoms with E-state index in [1.807, 2.05) is 42.5 Å². The molecule has 276 valence electrons. The summed E-state index contributed by atoms with van der Waals surface area (Å²) in [6.07, 6.45) is 4.17. The Morgan fingerprint density at radius 3 is 2.06 bits per heavy atom. The van der Waals surface area contributed by atoms with Crippen molar-refractivity contribution < 1.29 is 25.4 Å². The third kappa shape index (κ3) is 11.7. The summed E-state index contributed by atoms with van der Waals surface area (Å²) in [4.78, 5) is 74.5. The highest BCUT2D eigenvalue weighted by atomic mass is 16.2. The molecule has 11 N–H and O–H groups in total. The Morgan fingerprint density at radius 2 is 1.40 bits per heavy atom. The van der Waals surface area contributed by atoms with E-state index in [9.17, 15) is 24.0 Å². The van der Waals surface area contributed by atoms with Gasteiger partial charge in [-0.25, -0.2) is 4.98 Å². The minimum absolute atomic E-state index is 0.0332. The largest absolute Gasteiger partial charge is 0.368 e. The van der Waals surface area contributed by atoms with E-state index in [4.69, 9.17) is 18.6 Å². The molecule has 0 fully saturated rings. The summed E-state index contributed by atoms with van der Waals surface area (Å²) in [6, 6.07) is 17.1. The van der Waals surface area contributed by atoms with Gasteiger partial charge in [0.25, 0.3) is 0 Å². The summed E-state index contributed by atoms with van der Waals surface area (Å²) in [7, 11) is 0. The van der Waals surface area contributed by atoms with Crippen molar-refractivity contribution in [2.75, 3.05) is 6.54 Å². The van der Waals surface area contributed by atoms with Crippen LogP contribution >= 0.6 is 0 Å². The molecule has 4 atom stereocenters. The Kier molecular flexibility index (Phi) is 13.5. The number of nitrogens with zero attached hydrogens (tertiary/aromatic N) is 1. The minimum atomic E-state index is -1.47. The maximum Gasteiger partial charge on any atom is 0.243 e. The molecule has 0 aliphatic carbocycles. The van der Waals surface area contributed by atoms with Gasteiger partial charge in [-0.2, -0.15) is 0 Å². The number of aromatic amines is 1. The first-order valence-electron chi connectivity index (χ1n) is 17.7. The molecule has 5 amide bonds. The molecule has 0 radical (unpaired) electrons. The summed E-state index contributed by atoms with van der Waals surface area (Å²) < 4.78 is 9.12. The number of unbranched alkanes of at least 4 members (excludes halogenated alkanes) is 1. The molecule has 0 aliphatic rings. The number of carbonyl (C=O) groups is 5. The lowest BCUT2D eigenvalue weighted by Gasteiger charge is -2.27. The number of amides is 5. The molecule has 3 aromatic carbocycles. The van der Waals surface area contributed by atoms with Gasteiger partial charge in [-0.1, -0.05) is 72.8 Å². The zero-order valence-electron chi connectivity index (χ0n) is 30.5. The maximum atomic E-state index is 14.4. The van der Waals surface area contributed by atoms with Gasteiger partial charge < -0.3 is 43.4 Å². The van der Waals surface area contributed by atoms with E-state index in [2.05, 4.69) is 25.9 Å². The first-order valence-corrected chi connectivity index (χ1v) is 17.3. The number of imidazole rings is 1. The average Bonchev–Trinajstić information content (AvgIpc) is 3.65. The number of nitrogens with two attached hydrogens (primary N) is 3. The van der Waals surface area contributed by atoms with Crippen LogP contribution in [-0.4, -0.2) is 75.8 Å². The van der Waals surface area contributed by atoms with Gasteiger partial charge in [0.05, 0.1) is 11.9 Å². The van der Waals surface area contributed by atoms with Crippen LogP contribution in [0.15, 0.2) is 85.3 Å². The fourth-order valence-corrected chi connectivity index (χ4v) is 5.57. The molecular formula is C38H49N9O5. The third-order valence-corrected chi connectivity index (χ3v) is 8.52. The summed E-state index contributed by atoms with van der Waals surface area (Å²) in [5, 5.41) is 10.4. The van der Waals surface area contributed by atoms with E-state index in [1.54, 1.807) is 30.3 Å². The zero-order valence-corrected chi connectivity index (χ0v) is 29.5. The lowest BCUT2D eigenvalue weighted by atomic mass is 9.99. The van der Waals surface area contributed by atoms with Gasteiger partial charge in [-0.15, -0.1) is 0 Å². The molecule has 0 saturated carbocycles. The van der Waals surface area contributed by atoms with Gasteiger partial charge in [0.1, 0.15) is 24.2 Å². The molecule has 1 heterocycles. The highest BCUT2D eigenvalue weighted by Crippen LogP contribution is 2.17. The monoisotopic (exact) mass is 712 g/mol. The Hall–Kier alpha value is -5.60. The Balaban J connectivity index is 1.69. The number of H-pyrrole nitrogens is 1. The minimum Gasteiger partial charge on any atom is -0.368 e. The molecular weight excluding hydrogens is 662 g/mol. The van der Waals surface area contributed by atoms with Crippen LogP contribution in [0.3, 0.4) is 0 Å². The lowest BCUT2D eigenvalue weighted by Crippen LogP contribution is -2.60. The van der Waals surface area contributed by atoms with Crippen molar-refractivity contribution in [1.82, 2.24) is 31.2 Å². The van der Waals surface area contributed by atoms with Crippen molar-refractivity contribution in [2.24, 2.45) is 17.2 Å². The van der Waals surface area contributed by atoms with E-state index in [-0.39, 0.29) is 25.7 Å². The van der Waals surface area contributed by atoms with Crippen LogP contribution in [0, 0.1) is 0 Å². The van der Waals surface area contributed by atoms with Crippen LogP contribution in [-0.2, 0) is 43.2 Å². The number of hydrogen-bond donors (Lipinski definition) is 8.